The minimum atomic E-state index is -3.58. The van der Waals surface area contributed by atoms with Crippen molar-refractivity contribution in [2.45, 2.75) is 43.7 Å². The van der Waals surface area contributed by atoms with Crippen molar-refractivity contribution in [3.05, 3.63) is 29.3 Å². The van der Waals surface area contributed by atoms with Gasteiger partial charge in [0.15, 0.2) is 0 Å². The average Bonchev–Trinajstić information content (AvgIpc) is 2.38. The molecule has 0 radical (unpaired) electrons. The first-order valence-corrected chi connectivity index (χ1v) is 8.17. The van der Waals surface area contributed by atoms with Crippen molar-refractivity contribution in [3.63, 3.8) is 0 Å². The number of sulfonamides is 1. The summed E-state index contributed by atoms with van der Waals surface area (Å²) < 4.78 is 27.7. The number of benzene rings is 1. The molecule has 1 aliphatic heterocycles. The highest BCUT2D eigenvalue weighted by Crippen LogP contribution is 2.19. The Bertz CT molecular complexity index is 634. The molecule has 2 unspecified atom stereocenters. The zero-order chi connectivity index (χ0) is 14.8. The fraction of sp³-hybridized carbons (Fsp3) is 0.500. The highest BCUT2D eigenvalue weighted by atomic mass is 32.2. The first-order chi connectivity index (χ1) is 9.42. The molecule has 2 atom stereocenters. The molecule has 20 heavy (non-hydrogen) atoms. The van der Waals surface area contributed by atoms with Crippen LogP contribution in [0.25, 0.3) is 0 Å². The van der Waals surface area contributed by atoms with E-state index in [1.54, 1.807) is 19.1 Å². The van der Waals surface area contributed by atoms with Crippen LogP contribution in [0.5, 0.6) is 0 Å². The Morgan fingerprint density at radius 1 is 1.45 bits per heavy atom. The number of hydrogen-bond acceptors (Lipinski definition) is 4. The number of aryl methyl sites for hydroxylation is 1. The van der Waals surface area contributed by atoms with Crippen LogP contribution in [0.3, 0.4) is 0 Å². The summed E-state index contributed by atoms with van der Waals surface area (Å²) in [6.07, 6.45) is 1.55. The van der Waals surface area contributed by atoms with E-state index in [9.17, 15) is 8.42 Å². The fourth-order valence-corrected chi connectivity index (χ4v) is 4.03. The molecule has 2 N–H and O–H groups in total. The van der Waals surface area contributed by atoms with E-state index in [0.29, 0.717) is 17.2 Å². The minimum absolute atomic E-state index is 0.0543. The van der Waals surface area contributed by atoms with Crippen molar-refractivity contribution < 1.29 is 8.42 Å². The Labute approximate surface area is 120 Å². The van der Waals surface area contributed by atoms with Crippen LogP contribution in [0, 0.1) is 18.3 Å². The van der Waals surface area contributed by atoms with Gasteiger partial charge < -0.3 is 5.32 Å². The van der Waals surface area contributed by atoms with Crippen LogP contribution in [-0.4, -0.2) is 27.0 Å². The number of nitrogens with zero attached hydrogens (tertiary/aromatic N) is 1. The standard InChI is InChI=1S/C14H19N3O2S/c1-10-3-4-12(9-15)8-14(10)20(18,19)17-13-5-6-16-11(2)7-13/h3-4,8,11,13,16-17H,5-7H2,1-2H3. The van der Waals surface area contributed by atoms with E-state index >= 15 is 0 Å². The van der Waals surface area contributed by atoms with Gasteiger partial charge >= 0.3 is 0 Å². The number of piperidine rings is 1. The summed E-state index contributed by atoms with van der Waals surface area (Å²) in [4.78, 5) is 0.197. The van der Waals surface area contributed by atoms with Gasteiger partial charge in [-0.3, -0.25) is 0 Å². The maximum absolute atomic E-state index is 12.5. The summed E-state index contributed by atoms with van der Waals surface area (Å²) in [5.74, 6) is 0. The zero-order valence-electron chi connectivity index (χ0n) is 11.7. The molecule has 1 saturated heterocycles. The van der Waals surface area contributed by atoms with Crippen LogP contribution >= 0.6 is 0 Å². The normalized spacial score (nSPS) is 23.2. The molecule has 1 aromatic carbocycles. The quantitative estimate of drug-likeness (QED) is 0.879. The molecule has 108 valence electrons. The molecule has 1 aromatic rings. The molecular weight excluding hydrogens is 274 g/mol. The molecule has 6 heteroatoms. The average molecular weight is 293 g/mol. The smallest absolute Gasteiger partial charge is 0.241 e. The van der Waals surface area contributed by atoms with E-state index < -0.39 is 10.0 Å². The lowest BCUT2D eigenvalue weighted by Gasteiger charge is -2.28. The third-order valence-electron chi connectivity index (χ3n) is 3.55. The van der Waals surface area contributed by atoms with Crippen LogP contribution < -0.4 is 10.0 Å². The van der Waals surface area contributed by atoms with Gasteiger partial charge in [0.2, 0.25) is 10.0 Å². The zero-order valence-corrected chi connectivity index (χ0v) is 12.5. The van der Waals surface area contributed by atoms with Gasteiger partial charge in [0, 0.05) is 12.1 Å². The third kappa shape index (κ3) is 3.37. The Morgan fingerprint density at radius 3 is 2.85 bits per heavy atom. The number of nitriles is 1. The van der Waals surface area contributed by atoms with Crippen molar-refractivity contribution in [2.75, 3.05) is 6.54 Å². The summed E-state index contributed by atoms with van der Waals surface area (Å²) in [5.41, 5.74) is 1.01. The van der Waals surface area contributed by atoms with Crippen molar-refractivity contribution in [3.8, 4) is 6.07 Å². The first kappa shape index (κ1) is 15.0. The van der Waals surface area contributed by atoms with E-state index in [4.69, 9.17) is 5.26 Å². The molecule has 0 bridgehead atoms. The molecular formula is C14H19N3O2S. The molecule has 0 saturated carbocycles. The first-order valence-electron chi connectivity index (χ1n) is 6.69. The van der Waals surface area contributed by atoms with Crippen molar-refractivity contribution in [2.24, 2.45) is 0 Å². The maximum Gasteiger partial charge on any atom is 0.241 e. The highest BCUT2D eigenvalue weighted by Gasteiger charge is 2.25. The second-order valence-electron chi connectivity index (χ2n) is 5.29. The summed E-state index contributed by atoms with van der Waals surface area (Å²) >= 11 is 0. The van der Waals surface area contributed by atoms with Crippen LogP contribution in [-0.2, 0) is 10.0 Å². The maximum atomic E-state index is 12.5. The van der Waals surface area contributed by atoms with Crippen LogP contribution in [0.2, 0.25) is 0 Å². The van der Waals surface area contributed by atoms with E-state index in [-0.39, 0.29) is 10.9 Å². The van der Waals surface area contributed by atoms with Crippen LogP contribution in [0.1, 0.15) is 30.9 Å². The summed E-state index contributed by atoms with van der Waals surface area (Å²) in [5, 5.41) is 12.2. The Kier molecular flexibility index (Phi) is 4.43. The molecule has 0 aromatic heterocycles. The topological polar surface area (TPSA) is 82.0 Å². The molecule has 1 fully saturated rings. The predicted octanol–water partition coefficient (Wildman–Crippen LogP) is 1.29. The van der Waals surface area contributed by atoms with E-state index in [1.165, 1.54) is 6.07 Å². The summed E-state index contributed by atoms with van der Waals surface area (Å²) in [6.45, 7) is 4.59. The van der Waals surface area contributed by atoms with Crippen molar-refractivity contribution in [1.82, 2.24) is 10.0 Å². The van der Waals surface area contributed by atoms with Gasteiger partial charge in [-0.15, -0.1) is 0 Å². The Balaban J connectivity index is 2.24. The minimum Gasteiger partial charge on any atom is -0.314 e. The van der Waals surface area contributed by atoms with E-state index in [2.05, 4.69) is 10.0 Å². The number of nitrogens with one attached hydrogen (secondary N) is 2. The van der Waals surface area contributed by atoms with Gasteiger partial charge in [0.25, 0.3) is 0 Å². The molecule has 0 spiro atoms. The monoisotopic (exact) mass is 293 g/mol. The largest absolute Gasteiger partial charge is 0.314 e. The van der Waals surface area contributed by atoms with Gasteiger partial charge in [-0.1, -0.05) is 6.07 Å². The lowest BCUT2D eigenvalue weighted by molar-refractivity contribution is 0.361. The highest BCUT2D eigenvalue weighted by molar-refractivity contribution is 7.89. The second kappa shape index (κ2) is 5.92. The third-order valence-corrected chi connectivity index (χ3v) is 5.21. The molecule has 1 aliphatic rings. The van der Waals surface area contributed by atoms with Crippen molar-refractivity contribution >= 4 is 10.0 Å². The van der Waals surface area contributed by atoms with Gasteiger partial charge in [-0.05, 0) is 50.9 Å². The molecule has 0 aliphatic carbocycles. The van der Waals surface area contributed by atoms with Gasteiger partial charge in [-0.25, -0.2) is 13.1 Å². The lowest BCUT2D eigenvalue weighted by atomic mass is 10.0. The van der Waals surface area contributed by atoms with E-state index in [1.807, 2.05) is 13.0 Å². The molecule has 0 amide bonds. The Morgan fingerprint density at radius 2 is 2.20 bits per heavy atom. The SMILES string of the molecule is Cc1ccc(C#N)cc1S(=O)(=O)NC1CCNC(C)C1. The molecule has 2 rings (SSSR count). The number of hydrogen-bond donors (Lipinski definition) is 2. The van der Waals surface area contributed by atoms with Crippen LogP contribution in [0.4, 0.5) is 0 Å². The lowest BCUT2D eigenvalue weighted by Crippen LogP contribution is -2.46. The Hall–Kier alpha value is -1.42. The predicted molar refractivity (Wildman–Crippen MR) is 76.7 cm³/mol. The van der Waals surface area contributed by atoms with Crippen molar-refractivity contribution in [1.29, 1.82) is 5.26 Å². The number of rotatable bonds is 3. The van der Waals surface area contributed by atoms with E-state index in [0.717, 1.165) is 19.4 Å². The second-order valence-corrected chi connectivity index (χ2v) is 6.97. The fourth-order valence-electron chi connectivity index (χ4n) is 2.48. The van der Waals surface area contributed by atoms with Gasteiger partial charge in [0.1, 0.15) is 0 Å². The molecule has 1 heterocycles. The summed E-state index contributed by atoms with van der Waals surface area (Å²) in [6, 6.07) is 6.95. The van der Waals surface area contributed by atoms with Gasteiger partial charge in [-0.2, -0.15) is 5.26 Å². The summed E-state index contributed by atoms with van der Waals surface area (Å²) in [7, 11) is -3.58. The van der Waals surface area contributed by atoms with Gasteiger partial charge in [0.05, 0.1) is 16.5 Å². The van der Waals surface area contributed by atoms with Crippen LogP contribution in [0.15, 0.2) is 23.1 Å². The molecule has 5 nitrogen and oxygen atoms in total.